The van der Waals surface area contributed by atoms with Crippen molar-refractivity contribution in [2.75, 3.05) is 6.61 Å². The first-order valence-corrected chi connectivity index (χ1v) is 3.31. The van der Waals surface area contributed by atoms with E-state index in [1.165, 1.54) is 12.8 Å². The Morgan fingerprint density at radius 1 is 1.44 bits per heavy atom. The molecule has 0 aliphatic rings. The van der Waals surface area contributed by atoms with Gasteiger partial charge in [-0.15, -0.1) is 0 Å². The fourth-order valence-electron chi connectivity index (χ4n) is 0.561. The minimum atomic E-state index is 0.212. The molecule has 0 heterocycles. The van der Waals surface area contributed by atoms with Gasteiger partial charge in [-0.3, -0.25) is 0 Å². The van der Waals surface area contributed by atoms with Crippen molar-refractivity contribution in [1.29, 1.82) is 0 Å². The Kier molecular flexibility index (Phi) is 7.90. The standard InChI is InChI=1S/C5H14BNO2/c1-2-3-4-5-8-6-9-7/h6H,2-5,7H2,1H3. The average molecular weight is 131 g/mol. The molecule has 0 bridgehead atoms. The fourth-order valence-corrected chi connectivity index (χ4v) is 0.561. The fraction of sp³-hybridized carbons (Fsp3) is 1.00. The molecule has 0 aliphatic heterocycles. The Hall–Kier alpha value is -0.0551. The molecular weight excluding hydrogens is 117 g/mol. The predicted octanol–water partition coefficient (Wildman–Crippen LogP) is 0.350. The number of rotatable bonds is 6. The summed E-state index contributed by atoms with van der Waals surface area (Å²) in [5.41, 5.74) is 0. The molecule has 0 spiro atoms. The highest BCUT2D eigenvalue weighted by atomic mass is 16.7. The normalized spacial score (nSPS) is 9.56. The third kappa shape index (κ3) is 7.94. The largest absolute Gasteiger partial charge is 0.456 e. The molecule has 4 heteroatoms. The molecule has 0 atom stereocenters. The number of unbranched alkanes of at least 4 members (excludes halogenated alkanes) is 2. The number of nitrogens with two attached hydrogens (primary N) is 1. The summed E-state index contributed by atoms with van der Waals surface area (Å²) in [7, 11) is 0.212. The third-order valence-electron chi connectivity index (χ3n) is 1.04. The van der Waals surface area contributed by atoms with Crippen molar-refractivity contribution >= 4 is 7.69 Å². The number of hydrogen-bond acceptors (Lipinski definition) is 3. The Morgan fingerprint density at radius 3 is 2.78 bits per heavy atom. The van der Waals surface area contributed by atoms with E-state index >= 15 is 0 Å². The predicted molar refractivity (Wildman–Crippen MR) is 37.9 cm³/mol. The SMILES string of the molecule is CCCCCOBON. The molecule has 9 heavy (non-hydrogen) atoms. The molecule has 0 fully saturated rings. The van der Waals surface area contributed by atoms with Gasteiger partial charge in [0.25, 0.3) is 0 Å². The monoisotopic (exact) mass is 131 g/mol. The number of hydrogen-bond donors (Lipinski definition) is 1. The molecule has 0 rings (SSSR count). The summed E-state index contributed by atoms with van der Waals surface area (Å²) in [6.07, 6.45) is 3.53. The summed E-state index contributed by atoms with van der Waals surface area (Å²) < 4.78 is 9.14. The Bertz CT molecular complexity index is 48.2. The second-order valence-electron chi connectivity index (χ2n) is 1.90. The summed E-state index contributed by atoms with van der Waals surface area (Å²) in [6, 6.07) is 0. The molecule has 0 saturated heterocycles. The van der Waals surface area contributed by atoms with Gasteiger partial charge in [0.1, 0.15) is 0 Å². The van der Waals surface area contributed by atoms with Crippen LogP contribution in [0.5, 0.6) is 0 Å². The van der Waals surface area contributed by atoms with Gasteiger partial charge in [-0.1, -0.05) is 19.8 Å². The van der Waals surface area contributed by atoms with E-state index in [0.717, 1.165) is 13.0 Å². The van der Waals surface area contributed by atoms with Crippen molar-refractivity contribution < 1.29 is 9.41 Å². The summed E-state index contributed by atoms with van der Waals surface area (Å²) in [5, 5.41) is 0. The van der Waals surface area contributed by atoms with E-state index in [-0.39, 0.29) is 7.69 Å². The van der Waals surface area contributed by atoms with E-state index in [1.54, 1.807) is 0 Å². The van der Waals surface area contributed by atoms with Crippen molar-refractivity contribution in [3.63, 3.8) is 0 Å². The van der Waals surface area contributed by atoms with E-state index in [9.17, 15) is 0 Å². The molecule has 0 aromatic heterocycles. The first kappa shape index (κ1) is 8.94. The molecule has 0 aromatic carbocycles. The summed E-state index contributed by atoms with van der Waals surface area (Å²) in [6.45, 7) is 2.91. The van der Waals surface area contributed by atoms with Crippen molar-refractivity contribution in [2.45, 2.75) is 26.2 Å². The van der Waals surface area contributed by atoms with Crippen LogP contribution in [-0.4, -0.2) is 14.3 Å². The second-order valence-corrected chi connectivity index (χ2v) is 1.90. The molecule has 0 unspecified atom stereocenters. The second kappa shape index (κ2) is 7.94. The Morgan fingerprint density at radius 2 is 2.22 bits per heavy atom. The van der Waals surface area contributed by atoms with Gasteiger partial charge in [-0.05, 0) is 6.42 Å². The Balaban J connectivity index is 2.60. The van der Waals surface area contributed by atoms with Crippen molar-refractivity contribution in [2.24, 2.45) is 5.90 Å². The topological polar surface area (TPSA) is 44.5 Å². The molecule has 0 aromatic rings. The molecular formula is C5H14BNO2. The van der Waals surface area contributed by atoms with E-state index in [0.29, 0.717) is 0 Å². The van der Waals surface area contributed by atoms with Gasteiger partial charge in [0.2, 0.25) is 0 Å². The molecule has 0 saturated carbocycles. The maximum Gasteiger partial charge on any atom is 0.456 e. The summed E-state index contributed by atoms with van der Waals surface area (Å²) in [5.74, 6) is 4.72. The molecule has 0 aliphatic carbocycles. The minimum Gasteiger partial charge on any atom is -0.413 e. The molecule has 0 radical (unpaired) electrons. The highest BCUT2D eigenvalue weighted by Crippen LogP contribution is 1.92. The third-order valence-corrected chi connectivity index (χ3v) is 1.04. The van der Waals surface area contributed by atoms with Gasteiger partial charge in [-0.2, -0.15) is 0 Å². The van der Waals surface area contributed by atoms with Gasteiger partial charge < -0.3 is 9.41 Å². The van der Waals surface area contributed by atoms with Crippen LogP contribution in [0.4, 0.5) is 0 Å². The van der Waals surface area contributed by atoms with E-state index in [4.69, 9.17) is 10.6 Å². The average Bonchev–Trinajstić information content (AvgIpc) is 1.89. The van der Waals surface area contributed by atoms with Crippen LogP contribution in [0.2, 0.25) is 0 Å². The maximum absolute atomic E-state index is 4.94. The van der Waals surface area contributed by atoms with Crippen LogP contribution in [0.25, 0.3) is 0 Å². The smallest absolute Gasteiger partial charge is 0.413 e. The van der Waals surface area contributed by atoms with Crippen LogP contribution >= 0.6 is 0 Å². The van der Waals surface area contributed by atoms with E-state index < -0.39 is 0 Å². The van der Waals surface area contributed by atoms with Crippen molar-refractivity contribution in [3.05, 3.63) is 0 Å². The van der Waals surface area contributed by atoms with Crippen molar-refractivity contribution in [3.8, 4) is 0 Å². The lowest BCUT2D eigenvalue weighted by atomic mass is 10.2. The minimum absolute atomic E-state index is 0.212. The molecule has 54 valence electrons. The first-order chi connectivity index (χ1) is 4.41. The van der Waals surface area contributed by atoms with Crippen LogP contribution < -0.4 is 5.90 Å². The molecule has 3 nitrogen and oxygen atoms in total. The highest BCUT2D eigenvalue weighted by Gasteiger charge is 1.88. The van der Waals surface area contributed by atoms with E-state index in [2.05, 4.69) is 11.7 Å². The van der Waals surface area contributed by atoms with E-state index in [1.807, 2.05) is 0 Å². The van der Waals surface area contributed by atoms with Gasteiger partial charge in [0, 0.05) is 6.61 Å². The lowest BCUT2D eigenvalue weighted by molar-refractivity contribution is 0.222. The molecule has 0 amide bonds. The highest BCUT2D eigenvalue weighted by molar-refractivity contribution is 6.17. The maximum atomic E-state index is 4.94. The lowest BCUT2D eigenvalue weighted by Gasteiger charge is -1.98. The lowest BCUT2D eigenvalue weighted by Crippen LogP contribution is -2.09. The molecule has 2 N–H and O–H groups in total. The van der Waals surface area contributed by atoms with Gasteiger partial charge in [0.05, 0.1) is 0 Å². The van der Waals surface area contributed by atoms with Crippen LogP contribution in [0.3, 0.4) is 0 Å². The van der Waals surface area contributed by atoms with Crippen LogP contribution in [0.1, 0.15) is 26.2 Å². The quantitative estimate of drug-likeness (QED) is 0.321. The van der Waals surface area contributed by atoms with Gasteiger partial charge >= 0.3 is 7.69 Å². The summed E-state index contributed by atoms with van der Waals surface area (Å²) >= 11 is 0. The van der Waals surface area contributed by atoms with Crippen LogP contribution in [0.15, 0.2) is 0 Å². The zero-order chi connectivity index (χ0) is 6.95. The van der Waals surface area contributed by atoms with Crippen LogP contribution in [-0.2, 0) is 9.41 Å². The Labute approximate surface area is 56.8 Å². The summed E-state index contributed by atoms with van der Waals surface area (Å²) in [4.78, 5) is 0. The van der Waals surface area contributed by atoms with Gasteiger partial charge in [-0.25, -0.2) is 5.90 Å². The zero-order valence-corrected chi connectivity index (χ0v) is 5.93. The zero-order valence-electron chi connectivity index (χ0n) is 5.93. The first-order valence-electron chi connectivity index (χ1n) is 3.31. The van der Waals surface area contributed by atoms with Crippen molar-refractivity contribution in [1.82, 2.24) is 0 Å². The van der Waals surface area contributed by atoms with Gasteiger partial charge in [0.15, 0.2) is 0 Å². The van der Waals surface area contributed by atoms with Crippen LogP contribution in [0, 0.1) is 0 Å².